The Labute approximate surface area is 149 Å². The Kier molecular flexibility index (Phi) is 3.44. The highest BCUT2D eigenvalue weighted by atomic mass is 16.5. The Morgan fingerprint density at radius 1 is 1.23 bits per heavy atom. The molecule has 0 bridgehead atoms. The average molecular weight is 351 g/mol. The number of benzene rings is 2. The second-order valence-corrected chi connectivity index (χ2v) is 6.26. The molecule has 0 amide bonds. The summed E-state index contributed by atoms with van der Waals surface area (Å²) in [4.78, 5) is 12.6. The van der Waals surface area contributed by atoms with E-state index in [4.69, 9.17) is 9.47 Å². The Morgan fingerprint density at radius 3 is 2.73 bits per heavy atom. The van der Waals surface area contributed by atoms with E-state index in [9.17, 15) is 15.0 Å². The normalized spacial score (nSPS) is 14.7. The van der Waals surface area contributed by atoms with Gasteiger partial charge in [-0.15, -0.1) is 0 Å². The number of methoxy groups -OCH3 is 1. The van der Waals surface area contributed by atoms with Gasteiger partial charge in [-0.1, -0.05) is 0 Å². The second-order valence-electron chi connectivity index (χ2n) is 6.26. The summed E-state index contributed by atoms with van der Waals surface area (Å²) in [7, 11) is 3.54. The third-order valence-electron chi connectivity index (χ3n) is 4.64. The van der Waals surface area contributed by atoms with Gasteiger partial charge in [0.05, 0.1) is 7.11 Å². The molecule has 0 unspecified atom stereocenters. The van der Waals surface area contributed by atoms with Gasteiger partial charge in [0.15, 0.2) is 5.76 Å². The van der Waals surface area contributed by atoms with Crippen molar-refractivity contribution in [1.82, 2.24) is 4.57 Å². The average Bonchev–Trinajstić information content (AvgIpc) is 3.06. The standard InChI is InChI=1S/C20H17NO5/c1-10-15(25-3)5-4-13-18(10)11(9-21(13)2)6-17-20(24)19-14(23)7-12(22)8-16(19)26-17/h4-9,22-23H,1-3H3. The molecule has 2 heterocycles. The monoisotopic (exact) mass is 351 g/mol. The van der Waals surface area contributed by atoms with Crippen LogP contribution in [0.2, 0.25) is 0 Å². The lowest BCUT2D eigenvalue weighted by Gasteiger charge is -2.07. The summed E-state index contributed by atoms with van der Waals surface area (Å²) >= 11 is 0. The minimum absolute atomic E-state index is 0.0589. The van der Waals surface area contributed by atoms with Crippen LogP contribution >= 0.6 is 0 Å². The molecule has 132 valence electrons. The number of aromatic nitrogens is 1. The third-order valence-corrected chi connectivity index (χ3v) is 4.64. The molecule has 3 aromatic rings. The second kappa shape index (κ2) is 5.56. The first-order chi connectivity index (χ1) is 12.4. The van der Waals surface area contributed by atoms with Crippen LogP contribution in [-0.2, 0) is 7.05 Å². The number of Topliss-reactive ketones (excluding diaryl/α,β-unsaturated/α-hetero) is 1. The molecule has 1 aromatic heterocycles. The van der Waals surface area contributed by atoms with Gasteiger partial charge in [-0.3, -0.25) is 4.79 Å². The van der Waals surface area contributed by atoms with Crippen molar-refractivity contribution in [2.45, 2.75) is 6.92 Å². The van der Waals surface area contributed by atoms with Crippen LogP contribution in [-0.4, -0.2) is 27.7 Å². The number of aryl methyl sites for hydroxylation is 2. The van der Waals surface area contributed by atoms with Crippen LogP contribution in [0.4, 0.5) is 0 Å². The fraction of sp³-hybridized carbons (Fsp3) is 0.150. The van der Waals surface area contributed by atoms with Crippen LogP contribution in [0.15, 0.2) is 36.2 Å². The zero-order valence-corrected chi connectivity index (χ0v) is 14.5. The van der Waals surface area contributed by atoms with Gasteiger partial charge in [0, 0.05) is 47.4 Å². The molecular weight excluding hydrogens is 334 g/mol. The SMILES string of the molecule is COc1ccc2c(c(C=C3Oc4cc(O)cc(O)c4C3=O)cn2C)c1C. The molecule has 26 heavy (non-hydrogen) atoms. The molecule has 0 spiro atoms. The van der Waals surface area contributed by atoms with Crippen molar-refractivity contribution in [1.29, 1.82) is 0 Å². The lowest BCUT2D eigenvalue weighted by Crippen LogP contribution is -1.98. The van der Waals surface area contributed by atoms with Crippen molar-refractivity contribution < 1.29 is 24.5 Å². The van der Waals surface area contributed by atoms with E-state index in [1.807, 2.05) is 36.9 Å². The molecule has 1 aliphatic rings. The molecule has 1 aliphatic heterocycles. The zero-order chi connectivity index (χ0) is 18.6. The van der Waals surface area contributed by atoms with Gasteiger partial charge in [-0.25, -0.2) is 0 Å². The summed E-state index contributed by atoms with van der Waals surface area (Å²) in [6, 6.07) is 6.29. The first-order valence-electron chi connectivity index (χ1n) is 8.03. The smallest absolute Gasteiger partial charge is 0.235 e. The maximum atomic E-state index is 12.6. The summed E-state index contributed by atoms with van der Waals surface area (Å²) in [5.41, 5.74) is 2.82. The number of carbonyl (C=O) groups is 1. The number of allylic oxidation sites excluding steroid dienone is 1. The summed E-state index contributed by atoms with van der Waals surface area (Å²) in [5, 5.41) is 20.5. The number of nitrogens with zero attached hydrogens (tertiary/aromatic N) is 1. The molecule has 4 rings (SSSR count). The number of carbonyl (C=O) groups excluding carboxylic acids is 1. The number of hydrogen-bond donors (Lipinski definition) is 2. The summed E-state index contributed by atoms with van der Waals surface area (Å²) < 4.78 is 13.0. The van der Waals surface area contributed by atoms with E-state index in [1.54, 1.807) is 13.2 Å². The van der Waals surface area contributed by atoms with Crippen molar-refractivity contribution in [2.24, 2.45) is 7.05 Å². The largest absolute Gasteiger partial charge is 0.508 e. The molecule has 0 aliphatic carbocycles. The topological polar surface area (TPSA) is 80.9 Å². The molecule has 0 saturated carbocycles. The number of phenolic OH excluding ortho intramolecular Hbond substituents is 2. The Hall–Kier alpha value is -3.41. The number of rotatable bonds is 2. The van der Waals surface area contributed by atoms with E-state index in [0.717, 1.165) is 33.8 Å². The number of phenols is 2. The van der Waals surface area contributed by atoms with Crippen molar-refractivity contribution in [3.05, 3.63) is 52.9 Å². The van der Waals surface area contributed by atoms with Crippen molar-refractivity contribution in [3.63, 3.8) is 0 Å². The predicted octanol–water partition coefficient (Wildman–Crippen LogP) is 3.52. The van der Waals surface area contributed by atoms with E-state index in [-0.39, 0.29) is 28.6 Å². The first kappa shape index (κ1) is 16.1. The van der Waals surface area contributed by atoms with Gasteiger partial charge in [0.1, 0.15) is 28.6 Å². The van der Waals surface area contributed by atoms with Gasteiger partial charge in [0.2, 0.25) is 5.78 Å². The molecule has 0 fully saturated rings. The van der Waals surface area contributed by atoms with Crippen LogP contribution in [0, 0.1) is 6.92 Å². The van der Waals surface area contributed by atoms with Crippen molar-refractivity contribution in [3.8, 4) is 23.0 Å². The minimum atomic E-state index is -0.421. The van der Waals surface area contributed by atoms with E-state index < -0.39 is 5.78 Å². The predicted molar refractivity (Wildman–Crippen MR) is 96.9 cm³/mol. The molecule has 2 aromatic carbocycles. The Bertz CT molecular complexity index is 1110. The molecule has 6 nitrogen and oxygen atoms in total. The van der Waals surface area contributed by atoms with Gasteiger partial charge in [-0.05, 0) is 25.1 Å². The van der Waals surface area contributed by atoms with E-state index >= 15 is 0 Å². The van der Waals surface area contributed by atoms with E-state index in [0.29, 0.717) is 0 Å². The summed E-state index contributed by atoms with van der Waals surface area (Å²) in [6.45, 7) is 1.96. The van der Waals surface area contributed by atoms with Crippen LogP contribution < -0.4 is 9.47 Å². The van der Waals surface area contributed by atoms with E-state index in [1.165, 1.54) is 6.07 Å². The van der Waals surface area contributed by atoms with Crippen LogP contribution in [0.5, 0.6) is 23.0 Å². The highest BCUT2D eigenvalue weighted by molar-refractivity contribution is 6.17. The molecule has 0 radical (unpaired) electrons. The fourth-order valence-electron chi connectivity index (χ4n) is 3.43. The number of aromatic hydroxyl groups is 2. The van der Waals surface area contributed by atoms with Crippen LogP contribution in [0.1, 0.15) is 21.5 Å². The van der Waals surface area contributed by atoms with Crippen LogP contribution in [0.25, 0.3) is 17.0 Å². The molecule has 0 atom stereocenters. The van der Waals surface area contributed by atoms with Crippen molar-refractivity contribution >= 4 is 22.8 Å². The minimum Gasteiger partial charge on any atom is -0.508 e. The maximum absolute atomic E-state index is 12.6. The molecule has 0 saturated heterocycles. The molecule has 2 N–H and O–H groups in total. The third kappa shape index (κ3) is 2.23. The van der Waals surface area contributed by atoms with Crippen LogP contribution in [0.3, 0.4) is 0 Å². The van der Waals surface area contributed by atoms with Gasteiger partial charge >= 0.3 is 0 Å². The first-order valence-corrected chi connectivity index (χ1v) is 8.03. The Balaban J connectivity index is 1.88. The maximum Gasteiger partial charge on any atom is 0.235 e. The van der Waals surface area contributed by atoms with Gasteiger partial charge in [-0.2, -0.15) is 0 Å². The molecular formula is C20H17NO5. The van der Waals surface area contributed by atoms with Gasteiger partial charge in [0.25, 0.3) is 0 Å². The van der Waals surface area contributed by atoms with E-state index in [2.05, 4.69) is 0 Å². The van der Waals surface area contributed by atoms with Gasteiger partial charge < -0.3 is 24.3 Å². The zero-order valence-electron chi connectivity index (χ0n) is 14.5. The quantitative estimate of drug-likeness (QED) is 0.691. The number of ether oxygens (including phenoxy) is 2. The lowest BCUT2D eigenvalue weighted by atomic mass is 10.0. The summed E-state index contributed by atoms with van der Waals surface area (Å²) in [5.74, 6) is 0.108. The lowest BCUT2D eigenvalue weighted by molar-refractivity contribution is 0.101. The highest BCUT2D eigenvalue weighted by Crippen LogP contribution is 2.41. The highest BCUT2D eigenvalue weighted by Gasteiger charge is 2.31. The Morgan fingerprint density at radius 2 is 2.00 bits per heavy atom. The molecule has 6 heteroatoms. The number of fused-ring (bicyclic) bond motifs is 2. The number of hydrogen-bond acceptors (Lipinski definition) is 5. The van der Waals surface area contributed by atoms with Crippen molar-refractivity contribution in [2.75, 3.05) is 7.11 Å². The summed E-state index contributed by atoms with van der Waals surface area (Å²) in [6.07, 6.45) is 3.55. The number of ketones is 1. The fourth-order valence-corrected chi connectivity index (χ4v) is 3.43.